The van der Waals surface area contributed by atoms with Gasteiger partial charge in [0, 0.05) is 12.3 Å². The predicted octanol–water partition coefficient (Wildman–Crippen LogP) is -0.264. The maximum absolute atomic E-state index is 11.8. The smallest absolute Gasteiger partial charge is 0.330 e. The number of nitrogens with one attached hydrogen (secondary N) is 1. The van der Waals surface area contributed by atoms with Gasteiger partial charge in [-0.2, -0.15) is 0 Å². The van der Waals surface area contributed by atoms with Crippen LogP contribution in [0.5, 0.6) is 0 Å². The standard InChI is InChI=1S/C13H20N2O5/c1-3-6-13(4-2)10(18)9(17)11(20-13)15-7-5-8(16)14-12(15)19/h5,7,9-11,17-18H,3-4,6H2,1-2H3,(H,14,16,19)/t9-,10?,11+,13-/m0/s1. The average molecular weight is 284 g/mol. The predicted molar refractivity (Wildman–Crippen MR) is 71.4 cm³/mol. The van der Waals surface area contributed by atoms with E-state index in [1.807, 2.05) is 13.8 Å². The molecule has 1 unspecified atom stereocenters. The minimum absolute atomic E-state index is 0.519. The van der Waals surface area contributed by atoms with Crippen LogP contribution in [0.4, 0.5) is 0 Å². The summed E-state index contributed by atoms with van der Waals surface area (Å²) in [5.41, 5.74) is -2.05. The van der Waals surface area contributed by atoms with Crippen LogP contribution < -0.4 is 11.2 Å². The van der Waals surface area contributed by atoms with E-state index in [-0.39, 0.29) is 0 Å². The third kappa shape index (κ3) is 2.32. The van der Waals surface area contributed by atoms with Crippen LogP contribution in [0, 0.1) is 0 Å². The first kappa shape index (κ1) is 15.0. The van der Waals surface area contributed by atoms with Crippen LogP contribution >= 0.6 is 0 Å². The zero-order valence-corrected chi connectivity index (χ0v) is 11.6. The van der Waals surface area contributed by atoms with Gasteiger partial charge in [-0.3, -0.25) is 14.3 Å². The highest BCUT2D eigenvalue weighted by atomic mass is 16.6. The van der Waals surface area contributed by atoms with E-state index in [4.69, 9.17) is 4.74 Å². The Hall–Kier alpha value is -1.44. The van der Waals surface area contributed by atoms with Gasteiger partial charge in [0.15, 0.2) is 6.23 Å². The largest absolute Gasteiger partial charge is 0.387 e. The molecule has 1 aromatic heterocycles. The Morgan fingerprint density at radius 3 is 2.65 bits per heavy atom. The van der Waals surface area contributed by atoms with Crippen molar-refractivity contribution in [3.8, 4) is 0 Å². The zero-order chi connectivity index (χ0) is 14.9. The first-order valence-corrected chi connectivity index (χ1v) is 6.80. The number of aliphatic hydroxyl groups is 2. The first-order valence-electron chi connectivity index (χ1n) is 6.80. The van der Waals surface area contributed by atoms with Crippen LogP contribution in [0.1, 0.15) is 39.3 Å². The third-order valence-corrected chi connectivity index (χ3v) is 3.91. The Bertz CT molecular complexity index is 581. The lowest BCUT2D eigenvalue weighted by Gasteiger charge is -2.30. The second-order valence-electron chi connectivity index (χ2n) is 5.13. The highest BCUT2D eigenvalue weighted by Crippen LogP contribution is 2.41. The van der Waals surface area contributed by atoms with E-state index in [0.717, 1.165) is 11.0 Å². The molecule has 0 amide bonds. The molecule has 0 radical (unpaired) electrons. The fourth-order valence-corrected chi connectivity index (χ4v) is 2.80. The lowest BCUT2D eigenvalue weighted by atomic mass is 9.88. The number of hydrogen-bond donors (Lipinski definition) is 3. The fourth-order valence-electron chi connectivity index (χ4n) is 2.80. The van der Waals surface area contributed by atoms with Crippen LogP contribution in [0.25, 0.3) is 0 Å². The molecule has 1 saturated heterocycles. The van der Waals surface area contributed by atoms with Crippen molar-refractivity contribution in [2.45, 2.75) is 57.1 Å². The molecular formula is C13H20N2O5. The van der Waals surface area contributed by atoms with E-state index in [2.05, 4.69) is 4.98 Å². The van der Waals surface area contributed by atoms with E-state index >= 15 is 0 Å². The van der Waals surface area contributed by atoms with Crippen molar-refractivity contribution in [3.63, 3.8) is 0 Å². The summed E-state index contributed by atoms with van der Waals surface area (Å²) >= 11 is 0. The topological polar surface area (TPSA) is 105 Å². The minimum atomic E-state index is -1.22. The van der Waals surface area contributed by atoms with Crippen molar-refractivity contribution in [2.24, 2.45) is 0 Å². The van der Waals surface area contributed by atoms with Gasteiger partial charge in [-0.25, -0.2) is 4.79 Å². The molecule has 0 spiro atoms. The quantitative estimate of drug-likeness (QED) is 0.706. The van der Waals surface area contributed by atoms with Gasteiger partial charge >= 0.3 is 5.69 Å². The van der Waals surface area contributed by atoms with E-state index in [1.54, 1.807) is 0 Å². The van der Waals surface area contributed by atoms with Crippen molar-refractivity contribution >= 4 is 0 Å². The molecule has 1 fully saturated rings. The SMILES string of the molecule is CCC[C@]1(CC)O[C@@H](n2ccc(=O)[nH]c2=O)[C@@H](O)C1O. The number of H-pyrrole nitrogens is 1. The Morgan fingerprint density at radius 1 is 1.40 bits per heavy atom. The van der Waals surface area contributed by atoms with Crippen LogP contribution in [0.15, 0.2) is 21.9 Å². The third-order valence-electron chi connectivity index (χ3n) is 3.91. The molecule has 20 heavy (non-hydrogen) atoms. The molecule has 0 bridgehead atoms. The summed E-state index contributed by atoms with van der Waals surface area (Å²) in [5.74, 6) is 0. The Kier molecular flexibility index (Phi) is 4.12. The van der Waals surface area contributed by atoms with Crippen molar-refractivity contribution in [1.29, 1.82) is 0 Å². The van der Waals surface area contributed by atoms with E-state index in [0.29, 0.717) is 12.8 Å². The molecule has 3 N–H and O–H groups in total. The fraction of sp³-hybridized carbons (Fsp3) is 0.692. The van der Waals surface area contributed by atoms with Crippen molar-refractivity contribution in [1.82, 2.24) is 9.55 Å². The Morgan fingerprint density at radius 2 is 2.10 bits per heavy atom. The number of aromatic amines is 1. The van der Waals surface area contributed by atoms with Crippen molar-refractivity contribution in [2.75, 3.05) is 0 Å². The molecule has 7 nitrogen and oxygen atoms in total. The van der Waals surface area contributed by atoms with E-state index in [9.17, 15) is 19.8 Å². The molecule has 2 rings (SSSR count). The number of aromatic nitrogens is 2. The van der Waals surface area contributed by atoms with Crippen molar-refractivity contribution in [3.05, 3.63) is 33.1 Å². The van der Waals surface area contributed by atoms with Gasteiger partial charge in [0.05, 0.1) is 5.60 Å². The lowest BCUT2D eigenvalue weighted by Crippen LogP contribution is -2.42. The number of aliphatic hydroxyl groups excluding tert-OH is 2. The van der Waals surface area contributed by atoms with Crippen LogP contribution in [0.3, 0.4) is 0 Å². The minimum Gasteiger partial charge on any atom is -0.387 e. The van der Waals surface area contributed by atoms with Gasteiger partial charge in [-0.15, -0.1) is 0 Å². The molecular weight excluding hydrogens is 264 g/mol. The van der Waals surface area contributed by atoms with Gasteiger partial charge in [-0.05, 0) is 12.8 Å². The molecule has 1 aliphatic heterocycles. The molecule has 0 aliphatic carbocycles. The summed E-state index contributed by atoms with van der Waals surface area (Å²) in [6.07, 6.45) is -0.142. The summed E-state index contributed by atoms with van der Waals surface area (Å²) < 4.78 is 6.91. The maximum atomic E-state index is 11.8. The molecule has 2 heterocycles. The molecule has 0 aromatic carbocycles. The highest BCUT2D eigenvalue weighted by Gasteiger charge is 2.53. The van der Waals surface area contributed by atoms with Gasteiger partial charge in [0.2, 0.25) is 0 Å². The van der Waals surface area contributed by atoms with Crippen LogP contribution in [0.2, 0.25) is 0 Å². The summed E-state index contributed by atoms with van der Waals surface area (Å²) in [7, 11) is 0. The summed E-state index contributed by atoms with van der Waals surface area (Å²) in [6.45, 7) is 3.82. The molecule has 1 aromatic rings. The number of ether oxygens (including phenoxy) is 1. The highest BCUT2D eigenvalue weighted by molar-refractivity contribution is 5.01. The summed E-state index contributed by atoms with van der Waals surface area (Å²) in [4.78, 5) is 24.9. The van der Waals surface area contributed by atoms with Gasteiger partial charge in [-0.1, -0.05) is 20.3 Å². The van der Waals surface area contributed by atoms with Crippen molar-refractivity contribution < 1.29 is 14.9 Å². The van der Waals surface area contributed by atoms with E-state index < -0.39 is 35.3 Å². The normalized spacial score (nSPS) is 33.5. The summed E-state index contributed by atoms with van der Waals surface area (Å²) in [5, 5.41) is 20.4. The lowest BCUT2D eigenvalue weighted by molar-refractivity contribution is -0.112. The molecule has 0 saturated carbocycles. The Labute approximate surface area is 115 Å². The number of rotatable bonds is 4. The summed E-state index contributed by atoms with van der Waals surface area (Å²) in [6, 6.07) is 1.18. The molecule has 4 atom stereocenters. The van der Waals surface area contributed by atoms with Gasteiger partial charge in [0.1, 0.15) is 12.2 Å². The molecule has 1 aliphatic rings. The maximum Gasteiger partial charge on any atom is 0.330 e. The van der Waals surface area contributed by atoms with E-state index in [1.165, 1.54) is 12.3 Å². The van der Waals surface area contributed by atoms with Gasteiger partial charge in [0.25, 0.3) is 5.56 Å². The monoisotopic (exact) mass is 284 g/mol. The first-order chi connectivity index (χ1) is 9.45. The van der Waals surface area contributed by atoms with Crippen LogP contribution in [-0.4, -0.2) is 37.6 Å². The second-order valence-corrected chi connectivity index (χ2v) is 5.13. The van der Waals surface area contributed by atoms with Crippen LogP contribution in [-0.2, 0) is 4.74 Å². The average Bonchev–Trinajstić information content (AvgIpc) is 2.65. The molecule has 7 heteroatoms. The molecule has 112 valence electrons. The second kappa shape index (κ2) is 5.51. The Balaban J connectivity index is 2.39. The zero-order valence-electron chi connectivity index (χ0n) is 11.6. The number of hydrogen-bond acceptors (Lipinski definition) is 5. The van der Waals surface area contributed by atoms with Gasteiger partial charge < -0.3 is 14.9 Å². The number of nitrogens with zero attached hydrogens (tertiary/aromatic N) is 1.